The van der Waals surface area contributed by atoms with E-state index in [4.69, 9.17) is 0 Å². The molecular weight excluding hydrogens is 225 g/mol. The van der Waals surface area contributed by atoms with E-state index in [9.17, 15) is 10.0 Å². The maximum Gasteiger partial charge on any atom is 0.488 e. The second-order valence-corrected chi connectivity index (χ2v) is 5.12. The van der Waals surface area contributed by atoms with Gasteiger partial charge in [-0.05, 0) is 30.4 Å². The third-order valence-corrected chi connectivity index (χ3v) is 3.88. The van der Waals surface area contributed by atoms with Crippen LogP contribution in [0, 0.1) is 0 Å². The topological polar surface area (TPSA) is 43.7 Å². The highest BCUT2D eigenvalue weighted by Crippen LogP contribution is 2.24. The Morgan fingerprint density at radius 3 is 2.61 bits per heavy atom. The van der Waals surface area contributed by atoms with Crippen molar-refractivity contribution in [2.24, 2.45) is 0 Å². The van der Waals surface area contributed by atoms with Crippen molar-refractivity contribution >= 4 is 12.6 Å². The molecule has 18 heavy (non-hydrogen) atoms. The second-order valence-electron chi connectivity index (χ2n) is 5.12. The van der Waals surface area contributed by atoms with Crippen molar-refractivity contribution in [1.29, 1.82) is 0 Å². The lowest BCUT2D eigenvalue weighted by Crippen LogP contribution is -2.34. The van der Waals surface area contributed by atoms with E-state index in [-0.39, 0.29) is 0 Å². The number of hydrogen-bond acceptors (Lipinski definition) is 3. The van der Waals surface area contributed by atoms with Crippen LogP contribution in [0.2, 0.25) is 0 Å². The fraction of sp³-hybridized carbons (Fsp3) is 0.571. The van der Waals surface area contributed by atoms with Crippen molar-refractivity contribution in [3.63, 3.8) is 0 Å². The van der Waals surface area contributed by atoms with E-state index >= 15 is 0 Å². The molecule has 0 atom stereocenters. The van der Waals surface area contributed by atoms with Crippen molar-refractivity contribution in [2.45, 2.75) is 45.2 Å². The monoisotopic (exact) mass is 247 g/mol. The number of benzene rings is 1. The molecule has 0 aromatic heterocycles. The Balaban J connectivity index is 2.04. The molecule has 0 amide bonds. The van der Waals surface area contributed by atoms with Crippen LogP contribution in [0.1, 0.15) is 38.2 Å². The van der Waals surface area contributed by atoms with Gasteiger partial charge in [0, 0.05) is 12.6 Å². The SMILES string of the molecule is CCN(Cc1cccc(B(O)O)c1)C1CCCC1. The summed E-state index contributed by atoms with van der Waals surface area (Å²) in [6.45, 7) is 4.15. The zero-order chi connectivity index (χ0) is 13.0. The van der Waals surface area contributed by atoms with Gasteiger partial charge in [-0.3, -0.25) is 4.90 Å². The molecule has 4 heteroatoms. The molecule has 0 radical (unpaired) electrons. The summed E-state index contributed by atoms with van der Waals surface area (Å²) in [5.74, 6) is 0. The molecule has 0 bridgehead atoms. The lowest BCUT2D eigenvalue weighted by atomic mass is 9.79. The molecule has 0 aliphatic heterocycles. The zero-order valence-electron chi connectivity index (χ0n) is 11.0. The van der Waals surface area contributed by atoms with Gasteiger partial charge >= 0.3 is 7.12 Å². The van der Waals surface area contributed by atoms with Crippen LogP contribution in [-0.4, -0.2) is 34.7 Å². The lowest BCUT2D eigenvalue weighted by molar-refractivity contribution is 0.200. The molecule has 1 aromatic carbocycles. The minimum atomic E-state index is -1.37. The first kappa shape index (κ1) is 13.6. The summed E-state index contributed by atoms with van der Waals surface area (Å²) in [5, 5.41) is 18.4. The van der Waals surface area contributed by atoms with Gasteiger partial charge in [-0.1, -0.05) is 44.0 Å². The summed E-state index contributed by atoms with van der Waals surface area (Å²) in [6, 6.07) is 8.30. The molecule has 1 saturated carbocycles. The molecule has 0 heterocycles. The molecular formula is C14H22BNO2. The van der Waals surface area contributed by atoms with Crippen molar-refractivity contribution in [2.75, 3.05) is 6.54 Å². The highest BCUT2D eigenvalue weighted by Gasteiger charge is 2.21. The van der Waals surface area contributed by atoms with Gasteiger partial charge in [0.1, 0.15) is 0 Å². The van der Waals surface area contributed by atoms with E-state index in [1.807, 2.05) is 12.1 Å². The predicted molar refractivity (Wildman–Crippen MR) is 74.6 cm³/mol. The first-order chi connectivity index (χ1) is 8.70. The first-order valence-electron chi connectivity index (χ1n) is 6.89. The molecule has 1 aliphatic rings. The van der Waals surface area contributed by atoms with Gasteiger partial charge < -0.3 is 10.0 Å². The molecule has 0 saturated heterocycles. The summed E-state index contributed by atoms with van der Waals surface area (Å²) in [6.07, 6.45) is 5.29. The zero-order valence-corrected chi connectivity index (χ0v) is 11.0. The average molecular weight is 247 g/mol. The van der Waals surface area contributed by atoms with Crippen LogP contribution in [-0.2, 0) is 6.54 Å². The molecule has 2 rings (SSSR count). The molecule has 1 aliphatic carbocycles. The van der Waals surface area contributed by atoms with Crippen LogP contribution in [0.25, 0.3) is 0 Å². The normalized spacial score (nSPS) is 16.4. The van der Waals surface area contributed by atoms with E-state index in [2.05, 4.69) is 17.9 Å². The number of rotatable bonds is 5. The minimum absolute atomic E-state index is 0.579. The van der Waals surface area contributed by atoms with Gasteiger partial charge in [-0.2, -0.15) is 0 Å². The van der Waals surface area contributed by atoms with Gasteiger partial charge in [0.25, 0.3) is 0 Å². The van der Waals surface area contributed by atoms with Crippen molar-refractivity contribution in [3.05, 3.63) is 29.8 Å². The van der Waals surface area contributed by atoms with Crippen molar-refractivity contribution < 1.29 is 10.0 Å². The van der Waals surface area contributed by atoms with Crippen LogP contribution in [0.15, 0.2) is 24.3 Å². The molecule has 1 fully saturated rings. The molecule has 98 valence electrons. The smallest absolute Gasteiger partial charge is 0.423 e. The van der Waals surface area contributed by atoms with Gasteiger partial charge in [0.05, 0.1) is 0 Å². The van der Waals surface area contributed by atoms with E-state index in [1.54, 1.807) is 6.07 Å². The van der Waals surface area contributed by atoms with Crippen LogP contribution in [0.3, 0.4) is 0 Å². The maximum atomic E-state index is 9.19. The molecule has 2 N–H and O–H groups in total. The van der Waals surface area contributed by atoms with Gasteiger partial charge in [0.2, 0.25) is 0 Å². The van der Waals surface area contributed by atoms with Crippen LogP contribution >= 0.6 is 0 Å². The molecule has 1 aromatic rings. The first-order valence-corrected chi connectivity index (χ1v) is 6.89. The number of nitrogens with zero attached hydrogens (tertiary/aromatic N) is 1. The van der Waals surface area contributed by atoms with Crippen LogP contribution < -0.4 is 5.46 Å². The average Bonchev–Trinajstić information content (AvgIpc) is 2.90. The minimum Gasteiger partial charge on any atom is -0.423 e. The Bertz CT molecular complexity index is 378. The Morgan fingerprint density at radius 1 is 1.28 bits per heavy atom. The van der Waals surface area contributed by atoms with E-state index < -0.39 is 7.12 Å². The summed E-state index contributed by atoms with van der Waals surface area (Å²) in [5.41, 5.74) is 1.74. The fourth-order valence-electron chi connectivity index (χ4n) is 2.86. The van der Waals surface area contributed by atoms with E-state index in [1.165, 1.54) is 25.7 Å². The highest BCUT2D eigenvalue weighted by molar-refractivity contribution is 6.58. The molecule has 0 unspecified atom stereocenters. The lowest BCUT2D eigenvalue weighted by Gasteiger charge is -2.27. The van der Waals surface area contributed by atoms with Crippen molar-refractivity contribution in [3.8, 4) is 0 Å². The summed E-state index contributed by atoms with van der Waals surface area (Å²) in [4.78, 5) is 2.50. The third kappa shape index (κ3) is 3.34. The Kier molecular flexibility index (Phi) is 4.81. The third-order valence-electron chi connectivity index (χ3n) is 3.88. The largest absolute Gasteiger partial charge is 0.488 e. The molecule has 0 spiro atoms. The van der Waals surface area contributed by atoms with E-state index in [0.29, 0.717) is 11.5 Å². The molecule has 3 nitrogen and oxygen atoms in total. The Morgan fingerprint density at radius 2 is 2.00 bits per heavy atom. The van der Waals surface area contributed by atoms with E-state index in [0.717, 1.165) is 18.7 Å². The van der Waals surface area contributed by atoms with Crippen molar-refractivity contribution in [1.82, 2.24) is 4.90 Å². The summed E-state index contributed by atoms with van der Waals surface area (Å²) < 4.78 is 0. The quantitative estimate of drug-likeness (QED) is 0.766. The number of hydrogen-bond donors (Lipinski definition) is 2. The van der Waals surface area contributed by atoms with Gasteiger partial charge in [-0.25, -0.2) is 0 Å². The van der Waals surface area contributed by atoms with Gasteiger partial charge in [0.15, 0.2) is 0 Å². The summed E-state index contributed by atoms with van der Waals surface area (Å²) >= 11 is 0. The Hall–Kier alpha value is -0.835. The predicted octanol–water partition coefficient (Wildman–Crippen LogP) is 1.13. The Labute approximate surface area is 110 Å². The van der Waals surface area contributed by atoms with Crippen LogP contribution in [0.4, 0.5) is 0 Å². The summed E-state index contributed by atoms with van der Waals surface area (Å²) in [7, 11) is -1.37. The standard InChI is InChI=1S/C14H22BNO2/c1-2-16(14-8-3-4-9-14)11-12-6-5-7-13(10-12)15(17)18/h5-7,10,14,17-18H,2-4,8-9,11H2,1H3. The fourth-order valence-corrected chi connectivity index (χ4v) is 2.86. The van der Waals surface area contributed by atoms with Gasteiger partial charge in [-0.15, -0.1) is 0 Å². The van der Waals surface area contributed by atoms with Crippen LogP contribution in [0.5, 0.6) is 0 Å². The highest BCUT2D eigenvalue weighted by atomic mass is 16.4. The maximum absolute atomic E-state index is 9.19. The second kappa shape index (κ2) is 6.37.